The molecule has 3 aliphatic rings. The largest absolute Gasteiger partial charge is 0.338 e. The van der Waals surface area contributed by atoms with Crippen molar-refractivity contribution in [2.75, 3.05) is 0 Å². The van der Waals surface area contributed by atoms with E-state index >= 15 is 0 Å². The van der Waals surface area contributed by atoms with Crippen LogP contribution in [0.3, 0.4) is 0 Å². The van der Waals surface area contributed by atoms with Gasteiger partial charge in [-0.3, -0.25) is 0 Å². The summed E-state index contributed by atoms with van der Waals surface area (Å²) in [6.07, 6.45) is 6.09. The summed E-state index contributed by atoms with van der Waals surface area (Å²) in [5.74, 6) is 3.25. The van der Waals surface area contributed by atoms with E-state index in [2.05, 4.69) is 27.0 Å². The Morgan fingerprint density at radius 3 is 2.21 bits per heavy atom. The van der Waals surface area contributed by atoms with Crippen molar-refractivity contribution in [3.63, 3.8) is 0 Å². The van der Waals surface area contributed by atoms with E-state index in [4.69, 9.17) is 32.7 Å². The summed E-state index contributed by atoms with van der Waals surface area (Å²) < 4.78 is 7.93. The van der Waals surface area contributed by atoms with Crippen LogP contribution in [0.25, 0.3) is 22.8 Å². The summed E-state index contributed by atoms with van der Waals surface area (Å²) in [5.41, 5.74) is 1.81. The Morgan fingerprint density at radius 2 is 1.52 bits per heavy atom. The minimum atomic E-state index is -0.0520. The molecule has 0 saturated heterocycles. The highest BCUT2D eigenvalue weighted by atomic mass is 35.5. The average molecular weight is 480 g/mol. The fourth-order valence-electron chi connectivity index (χ4n) is 5.67. The lowest BCUT2D eigenvalue weighted by Crippen LogP contribution is -2.47. The maximum atomic E-state index is 6.43. The van der Waals surface area contributed by atoms with Crippen molar-refractivity contribution in [3.8, 4) is 22.8 Å². The first-order chi connectivity index (χ1) is 16.0. The summed E-state index contributed by atoms with van der Waals surface area (Å²) in [6.45, 7) is 0. The molecule has 2 aromatic heterocycles. The first-order valence-electron chi connectivity index (χ1n) is 11.2. The van der Waals surface area contributed by atoms with E-state index in [9.17, 15) is 0 Å². The molecule has 3 fully saturated rings. The van der Waals surface area contributed by atoms with Gasteiger partial charge in [0.2, 0.25) is 11.7 Å². The lowest BCUT2D eigenvalue weighted by atomic mass is 9.53. The smallest absolute Gasteiger partial charge is 0.233 e. The third-order valence-corrected chi connectivity index (χ3v) is 8.27. The summed E-state index contributed by atoms with van der Waals surface area (Å²) in [6, 6.07) is 15.3. The summed E-state index contributed by atoms with van der Waals surface area (Å²) >= 11 is 12.4. The van der Waals surface area contributed by atoms with Gasteiger partial charge in [0.25, 0.3) is 0 Å². The first-order valence-corrected chi connectivity index (χ1v) is 12.0. The van der Waals surface area contributed by atoms with Crippen molar-refractivity contribution in [3.05, 3.63) is 70.3 Å². The van der Waals surface area contributed by atoms with Crippen LogP contribution in [0.15, 0.2) is 53.1 Å². The van der Waals surface area contributed by atoms with Crippen LogP contribution in [0.5, 0.6) is 0 Å². The third-order valence-electron chi connectivity index (χ3n) is 7.69. The van der Waals surface area contributed by atoms with Crippen LogP contribution in [0.1, 0.15) is 50.2 Å². The van der Waals surface area contributed by atoms with Crippen molar-refractivity contribution in [1.82, 2.24) is 24.9 Å². The molecule has 2 heterocycles. The minimum absolute atomic E-state index is 0.0298. The average Bonchev–Trinajstić information content (AvgIpc) is 3.49. The molecule has 3 saturated carbocycles. The number of halogens is 2. The van der Waals surface area contributed by atoms with E-state index < -0.39 is 0 Å². The summed E-state index contributed by atoms with van der Waals surface area (Å²) in [7, 11) is 2.05. The molecule has 0 unspecified atom stereocenters. The number of nitrogens with zero attached hydrogens (tertiary/aromatic N) is 5. The molecule has 0 amide bonds. The molecule has 0 radical (unpaired) electrons. The van der Waals surface area contributed by atoms with Crippen LogP contribution in [0, 0.1) is 0 Å². The predicted octanol–water partition coefficient (Wildman–Crippen LogP) is 6.38. The Kier molecular flexibility index (Phi) is 4.85. The van der Waals surface area contributed by atoms with E-state index in [1.54, 1.807) is 0 Å². The van der Waals surface area contributed by atoms with Crippen molar-refractivity contribution in [1.29, 1.82) is 0 Å². The molecular weight excluding hydrogens is 457 g/mol. The van der Waals surface area contributed by atoms with Crippen LogP contribution < -0.4 is 0 Å². The maximum Gasteiger partial charge on any atom is 0.233 e. The molecule has 2 aromatic carbocycles. The summed E-state index contributed by atoms with van der Waals surface area (Å²) in [5, 5.41) is 14.8. The van der Waals surface area contributed by atoms with Crippen molar-refractivity contribution >= 4 is 23.2 Å². The van der Waals surface area contributed by atoms with E-state index in [0.29, 0.717) is 15.9 Å². The number of rotatable bonds is 4. The Hall–Kier alpha value is -2.70. The SMILES string of the molecule is Cn1c(-c2ccccc2Cl)nnc1C12CCC(c3nc(-c4ccc(Cl)cc4)no3)(CC1)CC2. The topological polar surface area (TPSA) is 69.6 Å². The Labute approximate surface area is 201 Å². The van der Waals surface area contributed by atoms with Gasteiger partial charge in [0.1, 0.15) is 5.82 Å². The lowest BCUT2D eigenvalue weighted by Gasteiger charge is -2.51. The van der Waals surface area contributed by atoms with Crippen LogP contribution >= 0.6 is 23.2 Å². The van der Waals surface area contributed by atoms with Gasteiger partial charge in [0, 0.05) is 34.0 Å². The van der Waals surface area contributed by atoms with E-state index in [1.807, 2.05) is 48.5 Å². The number of hydrogen-bond donors (Lipinski definition) is 0. The normalized spacial score (nSPS) is 24.3. The van der Waals surface area contributed by atoms with Gasteiger partial charge in [0.05, 0.1) is 5.02 Å². The standard InChI is InChI=1S/C25H23Cl2N5O/c1-32-21(18-4-2-3-5-19(18)27)29-30-22(32)24-10-13-25(14-11-24,15-12-24)23-28-20(31-33-23)16-6-8-17(26)9-7-16/h2-9H,10-15H2,1H3. The molecule has 8 heteroatoms. The van der Waals surface area contributed by atoms with E-state index in [0.717, 1.165) is 67.2 Å². The predicted molar refractivity (Wildman–Crippen MR) is 127 cm³/mol. The fraction of sp³-hybridized carbons (Fsp3) is 0.360. The molecule has 0 spiro atoms. The van der Waals surface area contributed by atoms with E-state index in [1.165, 1.54) is 0 Å². The molecular formula is C25H23Cl2N5O. The van der Waals surface area contributed by atoms with Crippen LogP contribution in [0.2, 0.25) is 10.0 Å². The minimum Gasteiger partial charge on any atom is -0.338 e. The van der Waals surface area contributed by atoms with Crippen LogP contribution in [-0.4, -0.2) is 24.9 Å². The number of fused-ring (bicyclic) bond motifs is 3. The number of aromatic nitrogens is 5. The van der Waals surface area contributed by atoms with Gasteiger partial charge in [-0.1, -0.05) is 40.5 Å². The highest BCUT2D eigenvalue weighted by molar-refractivity contribution is 6.33. The molecule has 2 bridgehead atoms. The maximum absolute atomic E-state index is 6.43. The van der Waals surface area contributed by atoms with Gasteiger partial charge < -0.3 is 9.09 Å². The zero-order valence-corrected chi connectivity index (χ0v) is 19.8. The van der Waals surface area contributed by atoms with Gasteiger partial charge >= 0.3 is 0 Å². The molecule has 168 valence electrons. The number of hydrogen-bond acceptors (Lipinski definition) is 5. The monoisotopic (exact) mass is 479 g/mol. The second-order valence-electron chi connectivity index (χ2n) is 9.38. The van der Waals surface area contributed by atoms with Crippen molar-refractivity contribution in [2.45, 2.75) is 49.4 Å². The second-order valence-corrected chi connectivity index (χ2v) is 10.2. The Balaban J connectivity index is 1.26. The second kappa shape index (κ2) is 7.67. The van der Waals surface area contributed by atoms with Gasteiger partial charge in [-0.2, -0.15) is 4.98 Å². The van der Waals surface area contributed by atoms with Gasteiger partial charge in [-0.15, -0.1) is 10.2 Å². The van der Waals surface area contributed by atoms with Crippen LogP contribution in [-0.2, 0) is 17.9 Å². The molecule has 4 aromatic rings. The van der Waals surface area contributed by atoms with E-state index in [-0.39, 0.29) is 10.8 Å². The highest BCUT2D eigenvalue weighted by Crippen LogP contribution is 2.58. The highest BCUT2D eigenvalue weighted by Gasteiger charge is 2.54. The fourth-order valence-corrected chi connectivity index (χ4v) is 6.01. The molecule has 6 nitrogen and oxygen atoms in total. The van der Waals surface area contributed by atoms with Crippen molar-refractivity contribution in [2.24, 2.45) is 7.05 Å². The van der Waals surface area contributed by atoms with Gasteiger partial charge in [-0.05, 0) is 74.9 Å². The summed E-state index contributed by atoms with van der Waals surface area (Å²) in [4.78, 5) is 4.80. The zero-order valence-electron chi connectivity index (χ0n) is 18.3. The Morgan fingerprint density at radius 1 is 0.848 bits per heavy atom. The van der Waals surface area contributed by atoms with Gasteiger partial charge in [-0.25, -0.2) is 0 Å². The lowest BCUT2D eigenvalue weighted by molar-refractivity contribution is 0.0689. The third kappa shape index (κ3) is 3.30. The van der Waals surface area contributed by atoms with Crippen molar-refractivity contribution < 1.29 is 4.52 Å². The molecule has 0 N–H and O–H groups in total. The Bertz CT molecular complexity index is 1300. The number of benzene rings is 2. The van der Waals surface area contributed by atoms with Crippen LogP contribution in [0.4, 0.5) is 0 Å². The first kappa shape index (κ1) is 20.9. The molecule has 0 aliphatic heterocycles. The quantitative estimate of drug-likeness (QED) is 0.339. The van der Waals surface area contributed by atoms with Gasteiger partial charge in [0.15, 0.2) is 5.82 Å². The zero-order chi connectivity index (χ0) is 22.6. The molecule has 7 rings (SSSR count). The molecule has 3 aliphatic carbocycles. The molecule has 0 atom stereocenters. The molecule has 33 heavy (non-hydrogen) atoms.